The van der Waals surface area contributed by atoms with Crippen LogP contribution in [0, 0.1) is 3.95 Å². The quantitative estimate of drug-likeness (QED) is 0.548. The minimum atomic E-state index is 0.705. The lowest BCUT2D eigenvalue weighted by Gasteiger charge is -2.03. The summed E-state index contributed by atoms with van der Waals surface area (Å²) in [6.45, 7) is 4.72. The van der Waals surface area contributed by atoms with Crippen molar-refractivity contribution in [3.8, 4) is 0 Å². The molecule has 0 atom stereocenters. The molecule has 0 saturated carbocycles. The first-order valence-corrected chi connectivity index (χ1v) is 6.42. The van der Waals surface area contributed by atoms with Crippen molar-refractivity contribution in [1.82, 2.24) is 10.2 Å². The second kappa shape index (κ2) is 7.78. The molecule has 0 fully saturated rings. The van der Waals surface area contributed by atoms with E-state index in [1.807, 2.05) is 0 Å². The van der Waals surface area contributed by atoms with Gasteiger partial charge in [-0.25, -0.2) is 0 Å². The summed E-state index contributed by atoms with van der Waals surface area (Å²) in [5, 5.41) is 10.8. The normalized spacial score (nSPS) is 10.5. The topological polar surface area (TPSA) is 49.9 Å². The molecule has 6 heteroatoms. The van der Waals surface area contributed by atoms with E-state index in [1.165, 1.54) is 17.8 Å². The summed E-state index contributed by atoms with van der Waals surface area (Å²) >= 11 is 6.37. The Kier molecular flexibility index (Phi) is 6.54. The van der Waals surface area contributed by atoms with E-state index < -0.39 is 0 Å². The largest absolute Gasteiger partial charge is 0.381 e. The molecule has 0 amide bonds. The molecule has 0 aliphatic heterocycles. The van der Waals surface area contributed by atoms with Crippen molar-refractivity contribution in [2.24, 2.45) is 0 Å². The van der Waals surface area contributed by atoms with Gasteiger partial charge in [-0.15, -0.1) is 5.10 Å². The van der Waals surface area contributed by atoms with Gasteiger partial charge in [-0.1, -0.05) is 24.7 Å². The van der Waals surface area contributed by atoms with Gasteiger partial charge in [-0.3, -0.25) is 5.10 Å². The minimum absolute atomic E-state index is 0.705. The van der Waals surface area contributed by atoms with Crippen molar-refractivity contribution in [3.05, 3.63) is 3.95 Å². The van der Waals surface area contributed by atoms with Crippen LogP contribution in [-0.4, -0.2) is 30.0 Å². The second-order valence-electron chi connectivity index (χ2n) is 3.16. The molecule has 1 aromatic rings. The molecule has 0 saturated heterocycles. The third-order valence-electron chi connectivity index (χ3n) is 1.82. The number of hydrogen-bond acceptors (Lipinski definition) is 5. The SMILES string of the molecule is CCCCOCCCNc1n[nH]c(=S)s1. The number of ether oxygens (including phenoxy) is 1. The summed E-state index contributed by atoms with van der Waals surface area (Å²) < 4.78 is 6.14. The van der Waals surface area contributed by atoms with Crippen LogP contribution in [0.1, 0.15) is 26.2 Å². The van der Waals surface area contributed by atoms with E-state index in [0.29, 0.717) is 3.95 Å². The van der Waals surface area contributed by atoms with E-state index in [-0.39, 0.29) is 0 Å². The molecule has 86 valence electrons. The Morgan fingerprint density at radius 1 is 1.47 bits per heavy atom. The molecule has 2 N–H and O–H groups in total. The number of nitrogens with one attached hydrogen (secondary N) is 2. The van der Waals surface area contributed by atoms with E-state index in [2.05, 4.69) is 22.4 Å². The van der Waals surface area contributed by atoms with Gasteiger partial charge in [0.1, 0.15) is 0 Å². The molecular formula is C9H17N3OS2. The average Bonchev–Trinajstić information content (AvgIpc) is 2.63. The fourth-order valence-corrected chi connectivity index (χ4v) is 1.84. The van der Waals surface area contributed by atoms with Crippen LogP contribution in [0.15, 0.2) is 0 Å². The number of rotatable bonds is 8. The molecule has 1 heterocycles. The lowest BCUT2D eigenvalue weighted by atomic mass is 10.4. The van der Waals surface area contributed by atoms with E-state index in [0.717, 1.165) is 37.7 Å². The van der Waals surface area contributed by atoms with Crippen molar-refractivity contribution in [2.45, 2.75) is 26.2 Å². The Balaban J connectivity index is 1.95. The molecule has 0 radical (unpaired) electrons. The molecule has 0 aliphatic rings. The maximum absolute atomic E-state index is 5.43. The third-order valence-corrected chi connectivity index (χ3v) is 2.87. The number of H-pyrrole nitrogens is 1. The fourth-order valence-electron chi connectivity index (χ4n) is 1.02. The van der Waals surface area contributed by atoms with Gasteiger partial charge in [0, 0.05) is 19.8 Å². The van der Waals surface area contributed by atoms with E-state index >= 15 is 0 Å². The monoisotopic (exact) mass is 247 g/mol. The number of anilines is 1. The van der Waals surface area contributed by atoms with Crippen LogP contribution >= 0.6 is 23.6 Å². The number of unbranched alkanes of at least 4 members (excludes halogenated alkanes) is 1. The zero-order valence-electron chi connectivity index (χ0n) is 8.91. The Bertz CT molecular complexity index is 310. The Labute approximate surface area is 99.1 Å². The predicted octanol–water partition coefficient (Wildman–Crippen LogP) is 2.82. The van der Waals surface area contributed by atoms with Gasteiger partial charge in [0.2, 0.25) is 5.13 Å². The summed E-state index contributed by atoms with van der Waals surface area (Å²) in [7, 11) is 0. The summed E-state index contributed by atoms with van der Waals surface area (Å²) in [5.41, 5.74) is 0. The summed E-state index contributed by atoms with van der Waals surface area (Å²) in [6, 6.07) is 0. The summed E-state index contributed by atoms with van der Waals surface area (Å²) in [4.78, 5) is 0. The van der Waals surface area contributed by atoms with Gasteiger partial charge < -0.3 is 10.1 Å². The molecule has 1 aromatic heterocycles. The predicted molar refractivity (Wildman–Crippen MR) is 66.1 cm³/mol. The molecule has 4 nitrogen and oxygen atoms in total. The fraction of sp³-hybridized carbons (Fsp3) is 0.778. The standard InChI is InChI=1S/C9H17N3OS2/c1-2-3-6-13-7-4-5-10-8-11-12-9(14)15-8/h2-7H2,1H3,(H,10,11)(H,12,14). The highest BCUT2D eigenvalue weighted by molar-refractivity contribution is 7.73. The molecular weight excluding hydrogens is 230 g/mol. The molecule has 0 aromatic carbocycles. The number of aromatic amines is 1. The second-order valence-corrected chi connectivity index (χ2v) is 4.83. The molecule has 0 spiro atoms. The average molecular weight is 247 g/mol. The highest BCUT2D eigenvalue weighted by Crippen LogP contribution is 2.10. The van der Waals surface area contributed by atoms with Crippen LogP contribution in [-0.2, 0) is 4.74 Å². The van der Waals surface area contributed by atoms with E-state index in [1.54, 1.807) is 0 Å². The van der Waals surface area contributed by atoms with E-state index in [4.69, 9.17) is 17.0 Å². The van der Waals surface area contributed by atoms with Crippen LogP contribution in [0.25, 0.3) is 0 Å². The van der Waals surface area contributed by atoms with Gasteiger partial charge >= 0.3 is 0 Å². The van der Waals surface area contributed by atoms with Crippen LogP contribution in [0.3, 0.4) is 0 Å². The van der Waals surface area contributed by atoms with Crippen molar-refractivity contribution in [2.75, 3.05) is 25.1 Å². The molecule has 0 aliphatic carbocycles. The van der Waals surface area contributed by atoms with Crippen LogP contribution in [0.2, 0.25) is 0 Å². The number of hydrogen-bond donors (Lipinski definition) is 2. The Morgan fingerprint density at radius 3 is 2.93 bits per heavy atom. The molecule has 0 unspecified atom stereocenters. The van der Waals surface area contributed by atoms with Crippen LogP contribution < -0.4 is 5.32 Å². The molecule has 0 bridgehead atoms. The lowest BCUT2D eigenvalue weighted by Crippen LogP contribution is -2.06. The van der Waals surface area contributed by atoms with Gasteiger partial charge in [0.15, 0.2) is 3.95 Å². The summed E-state index contributed by atoms with van der Waals surface area (Å²) in [6.07, 6.45) is 3.33. The van der Waals surface area contributed by atoms with Crippen molar-refractivity contribution < 1.29 is 4.74 Å². The third kappa shape index (κ3) is 5.86. The minimum Gasteiger partial charge on any atom is -0.381 e. The molecule has 1 rings (SSSR count). The van der Waals surface area contributed by atoms with Crippen LogP contribution in [0.4, 0.5) is 5.13 Å². The van der Waals surface area contributed by atoms with Crippen molar-refractivity contribution >= 4 is 28.7 Å². The Hall–Kier alpha value is -0.460. The van der Waals surface area contributed by atoms with Crippen LogP contribution in [0.5, 0.6) is 0 Å². The molecule has 15 heavy (non-hydrogen) atoms. The Morgan fingerprint density at radius 2 is 2.27 bits per heavy atom. The first-order chi connectivity index (χ1) is 7.33. The highest BCUT2D eigenvalue weighted by atomic mass is 32.1. The lowest BCUT2D eigenvalue weighted by molar-refractivity contribution is 0.131. The van der Waals surface area contributed by atoms with Gasteiger partial charge in [0.05, 0.1) is 0 Å². The van der Waals surface area contributed by atoms with Gasteiger partial charge in [-0.2, -0.15) is 0 Å². The van der Waals surface area contributed by atoms with Crippen molar-refractivity contribution in [3.63, 3.8) is 0 Å². The maximum Gasteiger partial charge on any atom is 0.204 e. The van der Waals surface area contributed by atoms with Crippen molar-refractivity contribution in [1.29, 1.82) is 0 Å². The highest BCUT2D eigenvalue weighted by Gasteiger charge is 1.95. The van der Waals surface area contributed by atoms with E-state index in [9.17, 15) is 0 Å². The number of aromatic nitrogens is 2. The first-order valence-electron chi connectivity index (χ1n) is 5.20. The smallest absolute Gasteiger partial charge is 0.204 e. The van der Waals surface area contributed by atoms with Gasteiger partial charge in [-0.05, 0) is 25.1 Å². The number of nitrogens with zero attached hydrogens (tertiary/aromatic N) is 1. The first kappa shape index (κ1) is 12.6. The zero-order chi connectivity index (χ0) is 10.9. The summed E-state index contributed by atoms with van der Waals surface area (Å²) in [5.74, 6) is 0. The zero-order valence-corrected chi connectivity index (χ0v) is 10.5. The maximum atomic E-state index is 5.43. The van der Waals surface area contributed by atoms with Gasteiger partial charge in [0.25, 0.3) is 0 Å².